The number of para-hydroxylation sites is 1. The number of methoxy groups -OCH3 is 1. The van der Waals surface area contributed by atoms with Gasteiger partial charge in [-0.15, -0.1) is 0 Å². The van der Waals surface area contributed by atoms with Gasteiger partial charge in [0.1, 0.15) is 5.75 Å². The van der Waals surface area contributed by atoms with Gasteiger partial charge in [-0.3, -0.25) is 10.1 Å². The summed E-state index contributed by atoms with van der Waals surface area (Å²) in [4.78, 5) is 13.7. The molecule has 0 saturated heterocycles. The van der Waals surface area contributed by atoms with Crippen LogP contribution in [0.1, 0.15) is 28.4 Å². The van der Waals surface area contributed by atoms with Crippen LogP contribution in [0.5, 0.6) is 5.75 Å². The van der Waals surface area contributed by atoms with Gasteiger partial charge >= 0.3 is 0 Å². The molecule has 0 fully saturated rings. The third-order valence-electron chi connectivity index (χ3n) is 7.28. The van der Waals surface area contributed by atoms with Crippen molar-refractivity contribution in [2.24, 2.45) is 0 Å². The van der Waals surface area contributed by atoms with Crippen molar-refractivity contribution in [3.8, 4) is 5.75 Å². The van der Waals surface area contributed by atoms with E-state index in [4.69, 9.17) is 4.74 Å². The standard InChI is InChI=1S/C31H27N3O3/c1-37-26-16-14-24(15-17-26)32-19-18-29-30(31(32)23-10-7-11-25(20-23)34(35)36)27-12-5-6-13-28(27)33(29)21-22-8-3-2-4-9-22/h2-17,20,31H,18-19,21H2,1H3. The van der Waals surface area contributed by atoms with Crippen molar-refractivity contribution in [2.75, 3.05) is 18.6 Å². The van der Waals surface area contributed by atoms with E-state index < -0.39 is 0 Å². The van der Waals surface area contributed by atoms with Crippen LogP contribution in [0.2, 0.25) is 0 Å². The SMILES string of the molecule is COc1ccc(N2CCc3c(c4ccccc4n3Cc3ccccc3)C2c2cccc([N+](=O)[O-])c2)cc1. The van der Waals surface area contributed by atoms with Gasteiger partial charge in [0.25, 0.3) is 5.69 Å². The van der Waals surface area contributed by atoms with Gasteiger partial charge in [0.15, 0.2) is 0 Å². The fourth-order valence-corrected chi connectivity index (χ4v) is 5.62. The van der Waals surface area contributed by atoms with Crippen LogP contribution in [0.3, 0.4) is 0 Å². The van der Waals surface area contributed by atoms with Gasteiger partial charge in [-0.2, -0.15) is 0 Å². The van der Waals surface area contributed by atoms with Crippen molar-refractivity contribution < 1.29 is 9.66 Å². The first kappa shape index (κ1) is 22.9. The minimum atomic E-state index is -0.316. The highest BCUT2D eigenvalue weighted by Crippen LogP contribution is 2.44. The van der Waals surface area contributed by atoms with E-state index in [9.17, 15) is 10.1 Å². The molecule has 0 aliphatic carbocycles. The summed E-state index contributed by atoms with van der Waals surface area (Å²) in [6, 6.07) is 34.0. The molecule has 6 nitrogen and oxygen atoms in total. The Morgan fingerprint density at radius 1 is 0.919 bits per heavy atom. The molecule has 1 aromatic heterocycles. The molecule has 1 aliphatic heterocycles. The first-order valence-corrected chi connectivity index (χ1v) is 12.4. The lowest BCUT2D eigenvalue weighted by Gasteiger charge is -2.39. The second kappa shape index (κ2) is 9.47. The number of nitro groups is 1. The Bertz CT molecular complexity index is 1580. The molecule has 184 valence electrons. The van der Waals surface area contributed by atoms with E-state index >= 15 is 0 Å². The fraction of sp³-hybridized carbons (Fsp3) is 0.161. The lowest BCUT2D eigenvalue weighted by atomic mass is 9.89. The Kier molecular flexibility index (Phi) is 5.85. The lowest BCUT2D eigenvalue weighted by molar-refractivity contribution is -0.384. The molecule has 2 heterocycles. The number of benzene rings is 4. The molecule has 6 heteroatoms. The molecule has 0 N–H and O–H groups in total. The molecule has 37 heavy (non-hydrogen) atoms. The zero-order valence-corrected chi connectivity index (χ0v) is 20.6. The van der Waals surface area contributed by atoms with Gasteiger partial charge in [-0.25, -0.2) is 0 Å². The van der Waals surface area contributed by atoms with Crippen molar-refractivity contribution in [1.29, 1.82) is 0 Å². The second-order valence-electron chi connectivity index (χ2n) is 9.35. The van der Waals surface area contributed by atoms with E-state index in [1.54, 1.807) is 25.3 Å². The number of ether oxygens (including phenoxy) is 1. The normalized spacial score (nSPS) is 14.9. The summed E-state index contributed by atoms with van der Waals surface area (Å²) < 4.78 is 7.81. The average Bonchev–Trinajstić information content (AvgIpc) is 3.26. The molecule has 1 atom stereocenters. The average molecular weight is 490 g/mol. The quantitative estimate of drug-likeness (QED) is 0.195. The first-order chi connectivity index (χ1) is 18.1. The summed E-state index contributed by atoms with van der Waals surface area (Å²) >= 11 is 0. The topological polar surface area (TPSA) is 60.5 Å². The maximum absolute atomic E-state index is 11.7. The van der Waals surface area contributed by atoms with Gasteiger partial charge in [0, 0.05) is 59.5 Å². The number of nitro benzene ring substituents is 1. The van der Waals surface area contributed by atoms with E-state index in [0.29, 0.717) is 0 Å². The summed E-state index contributed by atoms with van der Waals surface area (Å²) in [6.45, 7) is 1.57. The van der Waals surface area contributed by atoms with Crippen LogP contribution < -0.4 is 9.64 Å². The van der Waals surface area contributed by atoms with Gasteiger partial charge in [-0.05, 0) is 41.5 Å². The lowest BCUT2D eigenvalue weighted by Crippen LogP contribution is -2.36. The zero-order valence-electron chi connectivity index (χ0n) is 20.6. The predicted molar refractivity (Wildman–Crippen MR) is 146 cm³/mol. The van der Waals surface area contributed by atoms with E-state index in [2.05, 4.69) is 70.1 Å². The summed E-state index contributed by atoms with van der Waals surface area (Å²) in [7, 11) is 1.66. The number of aromatic nitrogens is 1. The molecule has 0 radical (unpaired) electrons. The molecule has 1 unspecified atom stereocenters. The summed E-state index contributed by atoms with van der Waals surface area (Å²) in [5.74, 6) is 0.799. The summed E-state index contributed by atoms with van der Waals surface area (Å²) in [6.07, 6.45) is 0.869. The van der Waals surface area contributed by atoms with Crippen LogP contribution in [0, 0.1) is 10.1 Å². The van der Waals surface area contributed by atoms with E-state index in [1.807, 2.05) is 24.3 Å². The number of anilines is 1. The minimum Gasteiger partial charge on any atom is -0.497 e. The van der Waals surface area contributed by atoms with Crippen LogP contribution in [0.4, 0.5) is 11.4 Å². The van der Waals surface area contributed by atoms with E-state index in [0.717, 1.165) is 36.5 Å². The fourth-order valence-electron chi connectivity index (χ4n) is 5.62. The number of rotatable bonds is 6. The first-order valence-electron chi connectivity index (χ1n) is 12.4. The monoisotopic (exact) mass is 489 g/mol. The number of non-ortho nitro benzene ring substituents is 1. The van der Waals surface area contributed by atoms with Gasteiger partial charge in [-0.1, -0.05) is 60.7 Å². The smallest absolute Gasteiger partial charge is 0.269 e. The molecule has 0 bridgehead atoms. The van der Waals surface area contributed by atoms with Crippen molar-refractivity contribution >= 4 is 22.3 Å². The number of hydrogen-bond donors (Lipinski definition) is 0. The largest absolute Gasteiger partial charge is 0.497 e. The Hall–Kier alpha value is -4.58. The van der Waals surface area contributed by atoms with Crippen LogP contribution >= 0.6 is 0 Å². The van der Waals surface area contributed by atoms with Crippen LogP contribution in [-0.4, -0.2) is 23.1 Å². The van der Waals surface area contributed by atoms with Gasteiger partial charge < -0.3 is 14.2 Å². The van der Waals surface area contributed by atoms with Gasteiger partial charge in [0.2, 0.25) is 0 Å². The third kappa shape index (κ3) is 4.10. The van der Waals surface area contributed by atoms with E-state index in [-0.39, 0.29) is 16.7 Å². The Morgan fingerprint density at radius 2 is 1.68 bits per heavy atom. The maximum atomic E-state index is 11.7. The zero-order chi connectivity index (χ0) is 25.4. The van der Waals surface area contributed by atoms with E-state index in [1.165, 1.54) is 27.7 Å². The Labute approximate surface area is 215 Å². The molecule has 5 aromatic rings. The molecule has 4 aromatic carbocycles. The van der Waals surface area contributed by atoms with Crippen molar-refractivity contribution in [1.82, 2.24) is 4.57 Å². The molecule has 0 spiro atoms. The predicted octanol–water partition coefficient (Wildman–Crippen LogP) is 6.76. The molecule has 1 aliphatic rings. The Morgan fingerprint density at radius 3 is 2.43 bits per heavy atom. The van der Waals surface area contributed by atoms with Crippen molar-refractivity contribution in [3.05, 3.63) is 136 Å². The van der Waals surface area contributed by atoms with Crippen molar-refractivity contribution in [2.45, 2.75) is 19.0 Å². The molecule has 0 saturated carbocycles. The molecule has 0 amide bonds. The number of nitrogens with zero attached hydrogens (tertiary/aromatic N) is 3. The highest BCUT2D eigenvalue weighted by molar-refractivity contribution is 5.88. The van der Waals surface area contributed by atoms with Crippen LogP contribution in [0.15, 0.2) is 103 Å². The molecular formula is C31H27N3O3. The van der Waals surface area contributed by atoms with Crippen LogP contribution in [-0.2, 0) is 13.0 Å². The van der Waals surface area contributed by atoms with Gasteiger partial charge in [0.05, 0.1) is 18.1 Å². The van der Waals surface area contributed by atoms with Crippen LogP contribution in [0.25, 0.3) is 10.9 Å². The maximum Gasteiger partial charge on any atom is 0.269 e. The third-order valence-corrected chi connectivity index (χ3v) is 7.28. The summed E-state index contributed by atoms with van der Waals surface area (Å²) in [5, 5.41) is 12.9. The Balaban J connectivity index is 1.57. The number of fused-ring (bicyclic) bond motifs is 3. The van der Waals surface area contributed by atoms with Crippen molar-refractivity contribution in [3.63, 3.8) is 0 Å². The summed E-state index contributed by atoms with van der Waals surface area (Å²) in [5.41, 5.74) is 7.00. The molecule has 6 rings (SSSR count). The second-order valence-corrected chi connectivity index (χ2v) is 9.35. The molecular weight excluding hydrogens is 462 g/mol. The number of hydrogen-bond acceptors (Lipinski definition) is 4. The minimum absolute atomic E-state index is 0.104. The highest BCUT2D eigenvalue weighted by atomic mass is 16.6. The highest BCUT2D eigenvalue weighted by Gasteiger charge is 2.34.